The van der Waals surface area contributed by atoms with Crippen LogP contribution in [0, 0.1) is 18.3 Å². The molecule has 10 heteroatoms. The van der Waals surface area contributed by atoms with Crippen LogP contribution in [-0.4, -0.2) is 37.4 Å². The molecule has 0 aliphatic rings. The molecule has 0 atom stereocenters. The quantitative estimate of drug-likeness (QED) is 0.271. The Morgan fingerprint density at radius 1 is 1.32 bits per heavy atom. The summed E-state index contributed by atoms with van der Waals surface area (Å²) in [5.74, 6) is 0.221. The number of methoxy groups -OCH3 is 1. The Kier molecular flexibility index (Phi) is 9.65. The Morgan fingerprint density at radius 3 is 2.65 bits per heavy atom. The molecule has 31 heavy (non-hydrogen) atoms. The number of carbonyl (C=O) groups is 1. The van der Waals surface area contributed by atoms with E-state index in [1.165, 1.54) is 13.3 Å². The van der Waals surface area contributed by atoms with Crippen molar-refractivity contribution in [2.24, 2.45) is 5.10 Å². The smallest absolute Gasteiger partial charge is 0.278 e. The highest BCUT2D eigenvalue weighted by molar-refractivity contribution is 9.11. The SMILES string of the molecule is C=CCOc1c(Br)cc(/C=N/NC(=O)COc2nc(C)cc(COC)c2C#N)cc1Br. The van der Waals surface area contributed by atoms with Crippen molar-refractivity contribution in [2.45, 2.75) is 13.5 Å². The first-order valence-corrected chi connectivity index (χ1v) is 10.5. The Balaban J connectivity index is 2.00. The van der Waals surface area contributed by atoms with Gasteiger partial charge in [-0.15, -0.1) is 0 Å². The molecule has 1 heterocycles. The summed E-state index contributed by atoms with van der Waals surface area (Å²) in [5.41, 5.74) is 4.62. The second kappa shape index (κ2) is 12.2. The lowest BCUT2D eigenvalue weighted by molar-refractivity contribution is -0.123. The predicted molar refractivity (Wildman–Crippen MR) is 123 cm³/mol. The van der Waals surface area contributed by atoms with E-state index < -0.39 is 5.91 Å². The fourth-order valence-electron chi connectivity index (χ4n) is 2.48. The number of pyridine rings is 1. The van der Waals surface area contributed by atoms with Crippen molar-refractivity contribution in [2.75, 3.05) is 20.3 Å². The van der Waals surface area contributed by atoms with E-state index >= 15 is 0 Å². The number of amides is 1. The van der Waals surface area contributed by atoms with Gasteiger partial charge in [0, 0.05) is 18.4 Å². The first-order valence-electron chi connectivity index (χ1n) is 8.96. The minimum Gasteiger partial charge on any atom is -0.487 e. The summed E-state index contributed by atoms with van der Waals surface area (Å²) < 4.78 is 17.5. The van der Waals surface area contributed by atoms with Crippen LogP contribution in [0.2, 0.25) is 0 Å². The molecule has 0 fully saturated rings. The number of aryl methyl sites for hydroxylation is 1. The van der Waals surface area contributed by atoms with Crippen molar-refractivity contribution >= 4 is 44.0 Å². The largest absolute Gasteiger partial charge is 0.487 e. The molecule has 8 nitrogen and oxygen atoms in total. The lowest BCUT2D eigenvalue weighted by Gasteiger charge is -2.11. The number of nitriles is 1. The molecule has 1 aromatic carbocycles. The van der Waals surface area contributed by atoms with Crippen molar-refractivity contribution in [3.05, 3.63) is 62.2 Å². The molecule has 0 radical (unpaired) electrons. The maximum atomic E-state index is 12.1. The first kappa shape index (κ1) is 24.5. The van der Waals surface area contributed by atoms with Gasteiger partial charge in [-0.25, -0.2) is 10.4 Å². The van der Waals surface area contributed by atoms with Crippen LogP contribution in [-0.2, 0) is 16.1 Å². The number of nitrogens with one attached hydrogen (secondary N) is 1. The highest BCUT2D eigenvalue weighted by Crippen LogP contribution is 2.34. The number of aromatic nitrogens is 1. The van der Waals surface area contributed by atoms with Crippen LogP contribution < -0.4 is 14.9 Å². The molecule has 0 aliphatic carbocycles. The van der Waals surface area contributed by atoms with E-state index in [4.69, 9.17) is 14.2 Å². The summed E-state index contributed by atoms with van der Waals surface area (Å²) >= 11 is 6.87. The van der Waals surface area contributed by atoms with Crippen LogP contribution in [0.4, 0.5) is 0 Å². The lowest BCUT2D eigenvalue weighted by atomic mass is 10.1. The van der Waals surface area contributed by atoms with Crippen LogP contribution in [0.25, 0.3) is 0 Å². The van der Waals surface area contributed by atoms with Crippen LogP contribution in [0.3, 0.4) is 0 Å². The maximum Gasteiger partial charge on any atom is 0.278 e. The molecule has 0 saturated carbocycles. The summed E-state index contributed by atoms with van der Waals surface area (Å²) in [4.78, 5) is 16.3. The highest BCUT2D eigenvalue weighted by Gasteiger charge is 2.14. The summed E-state index contributed by atoms with van der Waals surface area (Å²) in [6.45, 7) is 5.64. The molecule has 0 aliphatic heterocycles. The van der Waals surface area contributed by atoms with Gasteiger partial charge in [0.1, 0.15) is 24.0 Å². The zero-order valence-corrected chi connectivity index (χ0v) is 20.1. The van der Waals surface area contributed by atoms with Crippen molar-refractivity contribution in [3.8, 4) is 17.7 Å². The Hall–Kier alpha value is -2.74. The van der Waals surface area contributed by atoms with Crippen molar-refractivity contribution in [1.82, 2.24) is 10.4 Å². The third kappa shape index (κ3) is 7.17. The Bertz CT molecular complexity index is 1010. The van der Waals surface area contributed by atoms with Crippen LogP contribution in [0.15, 0.2) is 44.9 Å². The average molecular weight is 552 g/mol. The fourth-order valence-corrected chi connectivity index (χ4v) is 3.93. The minimum absolute atomic E-state index is 0.0802. The normalized spacial score (nSPS) is 10.5. The molecule has 0 unspecified atom stereocenters. The van der Waals surface area contributed by atoms with E-state index in [1.54, 1.807) is 31.2 Å². The second-order valence-corrected chi connectivity index (χ2v) is 7.85. The fraction of sp³-hybridized carbons (Fsp3) is 0.238. The van der Waals surface area contributed by atoms with E-state index in [-0.39, 0.29) is 24.7 Å². The van der Waals surface area contributed by atoms with Crippen LogP contribution >= 0.6 is 31.9 Å². The Labute approximate surface area is 197 Å². The Morgan fingerprint density at radius 2 is 2.03 bits per heavy atom. The molecule has 0 bridgehead atoms. The number of hydrogen-bond donors (Lipinski definition) is 1. The van der Waals surface area contributed by atoms with Gasteiger partial charge in [0.05, 0.1) is 21.8 Å². The zero-order valence-electron chi connectivity index (χ0n) is 16.9. The summed E-state index contributed by atoms with van der Waals surface area (Å²) in [6, 6.07) is 7.37. The number of carbonyl (C=O) groups excluding carboxylic acids is 1. The summed E-state index contributed by atoms with van der Waals surface area (Å²) in [5, 5.41) is 13.3. The van der Waals surface area contributed by atoms with Crippen LogP contribution in [0.1, 0.15) is 22.4 Å². The number of hydrogen-bond acceptors (Lipinski definition) is 7. The number of rotatable bonds is 10. The summed E-state index contributed by atoms with van der Waals surface area (Å²) in [7, 11) is 1.53. The van der Waals surface area contributed by atoms with Gasteiger partial charge in [-0.3, -0.25) is 4.79 Å². The topological polar surface area (TPSA) is 106 Å². The standard InChI is InChI=1S/C21H20Br2N4O4/c1-4-5-30-20-17(22)7-14(8-18(20)23)10-25-27-19(28)12-31-21-16(9-24)15(11-29-3)6-13(2)26-21/h4,6-8,10H,1,5,11-12H2,2-3H3,(H,27,28)/b25-10+. The number of hydrazone groups is 1. The van der Waals surface area contributed by atoms with Crippen molar-refractivity contribution in [3.63, 3.8) is 0 Å². The average Bonchev–Trinajstić information content (AvgIpc) is 2.72. The monoisotopic (exact) mass is 550 g/mol. The molecule has 0 saturated heterocycles. The van der Waals surface area contributed by atoms with Crippen LogP contribution in [0.5, 0.6) is 11.6 Å². The third-order valence-electron chi connectivity index (χ3n) is 3.72. The van der Waals surface area contributed by atoms with Gasteiger partial charge in [-0.2, -0.15) is 10.4 Å². The van der Waals surface area contributed by atoms with Gasteiger partial charge in [-0.05, 0) is 62.5 Å². The van der Waals surface area contributed by atoms with E-state index in [9.17, 15) is 10.1 Å². The zero-order chi connectivity index (χ0) is 22.8. The van der Waals surface area contributed by atoms with Crippen molar-refractivity contribution in [1.29, 1.82) is 5.26 Å². The molecule has 2 aromatic rings. The number of halogens is 2. The van der Waals surface area contributed by atoms with Gasteiger partial charge in [0.2, 0.25) is 5.88 Å². The maximum absolute atomic E-state index is 12.1. The minimum atomic E-state index is -0.499. The van der Waals surface area contributed by atoms with E-state index in [0.717, 1.165) is 14.5 Å². The van der Waals surface area contributed by atoms with E-state index in [2.05, 4.69) is 54.0 Å². The van der Waals surface area contributed by atoms with Gasteiger partial charge >= 0.3 is 0 Å². The highest BCUT2D eigenvalue weighted by atomic mass is 79.9. The van der Waals surface area contributed by atoms with Crippen molar-refractivity contribution < 1.29 is 19.0 Å². The van der Waals surface area contributed by atoms with E-state index in [0.29, 0.717) is 23.6 Å². The van der Waals surface area contributed by atoms with Gasteiger partial charge in [0.15, 0.2) is 6.61 Å². The third-order valence-corrected chi connectivity index (χ3v) is 4.89. The number of ether oxygens (including phenoxy) is 3. The molecule has 162 valence electrons. The molecule has 1 amide bonds. The van der Waals surface area contributed by atoms with E-state index in [1.807, 2.05) is 6.07 Å². The molecule has 1 aromatic heterocycles. The second-order valence-electron chi connectivity index (χ2n) is 6.14. The molecule has 2 rings (SSSR count). The summed E-state index contributed by atoms with van der Waals surface area (Å²) in [6.07, 6.45) is 3.13. The number of benzene rings is 1. The molecular weight excluding hydrogens is 532 g/mol. The van der Waals surface area contributed by atoms with Gasteiger partial charge < -0.3 is 14.2 Å². The van der Waals surface area contributed by atoms with Gasteiger partial charge in [0.25, 0.3) is 5.91 Å². The molecule has 0 spiro atoms. The number of nitrogens with zero attached hydrogens (tertiary/aromatic N) is 3. The molecule has 1 N–H and O–H groups in total. The first-order chi connectivity index (χ1) is 14.9. The van der Waals surface area contributed by atoms with Gasteiger partial charge in [-0.1, -0.05) is 12.7 Å². The molecular formula is C21H20Br2N4O4. The predicted octanol–water partition coefficient (Wildman–Crippen LogP) is 4.03. The lowest BCUT2D eigenvalue weighted by Crippen LogP contribution is -2.25.